The predicted octanol–water partition coefficient (Wildman–Crippen LogP) is 3.04. The van der Waals surface area contributed by atoms with E-state index in [1.807, 2.05) is 6.92 Å². The Morgan fingerprint density at radius 2 is 1.82 bits per heavy atom. The molecule has 0 aromatic heterocycles. The molecule has 2 aliphatic heterocycles. The van der Waals surface area contributed by atoms with Gasteiger partial charge in [0.15, 0.2) is 0 Å². The summed E-state index contributed by atoms with van der Waals surface area (Å²) in [7, 11) is 0. The van der Waals surface area contributed by atoms with Crippen molar-refractivity contribution >= 4 is 5.91 Å². The van der Waals surface area contributed by atoms with Crippen molar-refractivity contribution in [2.75, 3.05) is 32.8 Å². The largest absolute Gasteiger partial charge is 0.494 e. The minimum Gasteiger partial charge on any atom is -0.494 e. The molecule has 1 N–H and O–H groups in total. The van der Waals surface area contributed by atoms with Gasteiger partial charge in [0.2, 0.25) is 5.91 Å². The molecule has 3 aliphatic rings. The molecule has 1 aliphatic carbocycles. The number of nitrogens with one attached hydrogen (secondary N) is 1. The van der Waals surface area contributed by atoms with Crippen LogP contribution in [0, 0.1) is 5.92 Å². The Hall–Kier alpha value is -1.59. The second kappa shape index (κ2) is 9.27. The molecule has 1 aromatic rings. The molecule has 28 heavy (non-hydrogen) atoms. The van der Waals surface area contributed by atoms with Crippen LogP contribution >= 0.6 is 0 Å². The van der Waals surface area contributed by atoms with Crippen LogP contribution in [-0.4, -0.2) is 60.6 Å². The summed E-state index contributed by atoms with van der Waals surface area (Å²) in [6.07, 6.45) is 7.01. The summed E-state index contributed by atoms with van der Waals surface area (Å²) in [5.41, 5.74) is 1.36. The van der Waals surface area contributed by atoms with Crippen LogP contribution < -0.4 is 10.1 Å². The van der Waals surface area contributed by atoms with E-state index in [9.17, 15) is 4.79 Å². The van der Waals surface area contributed by atoms with E-state index in [-0.39, 0.29) is 5.92 Å². The third kappa shape index (κ3) is 5.26. The highest BCUT2D eigenvalue weighted by molar-refractivity contribution is 5.79. The molecule has 4 rings (SSSR count). The molecule has 3 fully saturated rings. The normalized spacial score (nSPS) is 24.8. The number of carbonyl (C=O) groups is 1. The fraction of sp³-hybridized carbons (Fsp3) is 0.696. The second-order valence-electron chi connectivity index (χ2n) is 8.70. The molecule has 2 heterocycles. The third-order valence-electron chi connectivity index (χ3n) is 6.46. The summed E-state index contributed by atoms with van der Waals surface area (Å²) in [5.74, 6) is 1.46. The van der Waals surface area contributed by atoms with Crippen molar-refractivity contribution in [2.45, 2.75) is 64.1 Å². The fourth-order valence-electron chi connectivity index (χ4n) is 4.66. The molecule has 2 saturated heterocycles. The molecule has 0 radical (unpaired) electrons. The van der Waals surface area contributed by atoms with E-state index in [0.717, 1.165) is 51.3 Å². The zero-order valence-corrected chi connectivity index (χ0v) is 17.2. The van der Waals surface area contributed by atoms with Crippen molar-refractivity contribution in [1.82, 2.24) is 15.1 Å². The van der Waals surface area contributed by atoms with Crippen molar-refractivity contribution in [3.05, 3.63) is 29.8 Å². The smallest absolute Gasteiger partial charge is 0.224 e. The Morgan fingerprint density at radius 1 is 1.07 bits per heavy atom. The molecule has 1 amide bonds. The molecule has 1 saturated carbocycles. The standard InChI is InChI=1S/C23H35N3O2/c1-2-28-22-9-5-18(6-10-22)16-25-14-11-21(12-15-25)26-13-3-4-19(17-26)23(27)24-20-7-8-20/h5-6,9-10,19-21H,2-4,7-8,11-17H2,1H3,(H,24,27)/t19-/m1/s1. The van der Waals surface area contributed by atoms with Gasteiger partial charge in [0.25, 0.3) is 0 Å². The lowest BCUT2D eigenvalue weighted by Gasteiger charge is -2.42. The molecule has 5 nitrogen and oxygen atoms in total. The molecule has 5 heteroatoms. The summed E-state index contributed by atoms with van der Waals surface area (Å²) in [4.78, 5) is 17.6. The Labute approximate surface area is 169 Å². The lowest BCUT2D eigenvalue weighted by Crippen LogP contribution is -2.50. The molecule has 0 bridgehead atoms. The van der Waals surface area contributed by atoms with Crippen LogP contribution in [0.5, 0.6) is 5.75 Å². The van der Waals surface area contributed by atoms with E-state index in [4.69, 9.17) is 4.74 Å². The van der Waals surface area contributed by atoms with Crippen LogP contribution in [0.1, 0.15) is 51.0 Å². The second-order valence-corrected chi connectivity index (χ2v) is 8.70. The number of rotatable bonds is 7. The van der Waals surface area contributed by atoms with Crippen LogP contribution in [0.2, 0.25) is 0 Å². The Kier molecular flexibility index (Phi) is 6.53. The topological polar surface area (TPSA) is 44.8 Å². The third-order valence-corrected chi connectivity index (χ3v) is 6.46. The van der Waals surface area contributed by atoms with Crippen LogP contribution in [0.3, 0.4) is 0 Å². The van der Waals surface area contributed by atoms with Gasteiger partial charge in [-0.05, 0) is 82.8 Å². The summed E-state index contributed by atoms with van der Waals surface area (Å²) < 4.78 is 5.53. The van der Waals surface area contributed by atoms with Crippen LogP contribution in [0.15, 0.2) is 24.3 Å². The molecular weight excluding hydrogens is 350 g/mol. The van der Waals surface area contributed by atoms with E-state index < -0.39 is 0 Å². The van der Waals surface area contributed by atoms with E-state index in [2.05, 4.69) is 39.4 Å². The van der Waals surface area contributed by atoms with Gasteiger partial charge in [-0.15, -0.1) is 0 Å². The Balaban J connectivity index is 1.22. The maximum absolute atomic E-state index is 12.4. The Morgan fingerprint density at radius 3 is 2.50 bits per heavy atom. The molecule has 0 spiro atoms. The quantitative estimate of drug-likeness (QED) is 0.784. The predicted molar refractivity (Wildman–Crippen MR) is 111 cm³/mol. The maximum Gasteiger partial charge on any atom is 0.224 e. The highest BCUT2D eigenvalue weighted by Gasteiger charge is 2.33. The van der Waals surface area contributed by atoms with Crippen molar-refractivity contribution < 1.29 is 9.53 Å². The zero-order chi connectivity index (χ0) is 19.3. The van der Waals surface area contributed by atoms with Gasteiger partial charge in [-0.1, -0.05) is 12.1 Å². The lowest BCUT2D eigenvalue weighted by molar-refractivity contribution is -0.127. The Bertz CT molecular complexity index is 636. The molecule has 0 unspecified atom stereocenters. The van der Waals surface area contributed by atoms with Gasteiger partial charge >= 0.3 is 0 Å². The number of nitrogens with zero attached hydrogens (tertiary/aromatic N) is 2. The first kappa shape index (κ1) is 19.7. The summed E-state index contributed by atoms with van der Waals surface area (Å²) in [5, 5.41) is 3.21. The van der Waals surface area contributed by atoms with Gasteiger partial charge in [0.1, 0.15) is 5.75 Å². The van der Waals surface area contributed by atoms with Crippen molar-refractivity contribution in [3.8, 4) is 5.75 Å². The first-order valence-corrected chi connectivity index (χ1v) is 11.2. The monoisotopic (exact) mass is 385 g/mol. The first-order chi connectivity index (χ1) is 13.7. The highest BCUT2D eigenvalue weighted by atomic mass is 16.5. The number of piperidine rings is 2. The van der Waals surface area contributed by atoms with Gasteiger partial charge in [0, 0.05) is 25.2 Å². The lowest BCUT2D eigenvalue weighted by atomic mass is 9.93. The number of benzene rings is 1. The van der Waals surface area contributed by atoms with Gasteiger partial charge in [-0.2, -0.15) is 0 Å². The zero-order valence-electron chi connectivity index (χ0n) is 17.2. The SMILES string of the molecule is CCOc1ccc(CN2CCC(N3CCC[C@@H](C(=O)NC4CC4)C3)CC2)cc1. The number of hydrogen-bond acceptors (Lipinski definition) is 4. The number of amides is 1. The van der Waals surface area contributed by atoms with Crippen LogP contribution in [-0.2, 0) is 11.3 Å². The minimum atomic E-state index is 0.205. The number of ether oxygens (including phenoxy) is 1. The summed E-state index contributed by atoms with van der Waals surface area (Å²) in [6.45, 7) is 8.17. The van der Waals surface area contributed by atoms with E-state index in [1.54, 1.807) is 0 Å². The van der Waals surface area contributed by atoms with E-state index in [1.165, 1.54) is 31.2 Å². The first-order valence-electron chi connectivity index (χ1n) is 11.2. The number of carbonyl (C=O) groups excluding carboxylic acids is 1. The van der Waals surface area contributed by atoms with Crippen molar-refractivity contribution in [3.63, 3.8) is 0 Å². The van der Waals surface area contributed by atoms with Gasteiger partial charge < -0.3 is 10.1 Å². The number of hydrogen-bond donors (Lipinski definition) is 1. The molecule has 154 valence electrons. The van der Waals surface area contributed by atoms with Crippen molar-refractivity contribution in [2.24, 2.45) is 5.92 Å². The van der Waals surface area contributed by atoms with E-state index >= 15 is 0 Å². The average Bonchev–Trinajstić information content (AvgIpc) is 3.54. The molecule has 1 atom stereocenters. The maximum atomic E-state index is 12.4. The summed E-state index contributed by atoms with van der Waals surface area (Å²) >= 11 is 0. The molecular formula is C23H35N3O2. The number of likely N-dealkylation sites (tertiary alicyclic amines) is 2. The van der Waals surface area contributed by atoms with Crippen molar-refractivity contribution in [1.29, 1.82) is 0 Å². The summed E-state index contributed by atoms with van der Waals surface area (Å²) in [6, 6.07) is 9.65. The molecule has 1 aromatic carbocycles. The van der Waals surface area contributed by atoms with Gasteiger partial charge in [-0.25, -0.2) is 0 Å². The van der Waals surface area contributed by atoms with Gasteiger partial charge in [0.05, 0.1) is 12.5 Å². The average molecular weight is 386 g/mol. The highest BCUT2D eigenvalue weighted by Crippen LogP contribution is 2.26. The van der Waals surface area contributed by atoms with Crippen LogP contribution in [0.25, 0.3) is 0 Å². The minimum absolute atomic E-state index is 0.205. The van der Waals surface area contributed by atoms with Crippen LogP contribution in [0.4, 0.5) is 0 Å². The van der Waals surface area contributed by atoms with Gasteiger partial charge in [-0.3, -0.25) is 14.6 Å². The fourth-order valence-corrected chi connectivity index (χ4v) is 4.66. The van der Waals surface area contributed by atoms with E-state index in [0.29, 0.717) is 24.6 Å².